The van der Waals surface area contributed by atoms with Crippen LogP contribution in [0.4, 0.5) is 0 Å². The highest BCUT2D eigenvalue weighted by molar-refractivity contribution is 6.29. The molecule has 1 N–H and O–H groups in total. The van der Waals surface area contributed by atoms with Crippen molar-refractivity contribution in [2.24, 2.45) is 7.05 Å². The largest absolute Gasteiger partial charge is 0.466 e. The zero-order valence-electron chi connectivity index (χ0n) is 12.4. The number of halogens is 1. The van der Waals surface area contributed by atoms with E-state index in [-0.39, 0.29) is 24.1 Å². The Kier molecular flexibility index (Phi) is 6.84. The van der Waals surface area contributed by atoms with Crippen LogP contribution in [0.1, 0.15) is 19.8 Å². The smallest absolute Gasteiger partial charge is 0.332 e. The third-order valence-corrected chi connectivity index (χ3v) is 3.20. The van der Waals surface area contributed by atoms with Crippen molar-refractivity contribution in [3.63, 3.8) is 0 Å². The monoisotopic (exact) mass is 331 g/mol. The molecular formula is C13H18ClN3O5. The first-order chi connectivity index (χ1) is 10.4. The lowest BCUT2D eigenvalue weighted by Gasteiger charge is -2.09. The van der Waals surface area contributed by atoms with E-state index in [1.165, 1.54) is 7.05 Å². The summed E-state index contributed by atoms with van der Waals surface area (Å²) in [6.45, 7) is 1.88. The summed E-state index contributed by atoms with van der Waals surface area (Å²) in [6, 6.07) is 1.07. The van der Waals surface area contributed by atoms with Crippen molar-refractivity contribution >= 4 is 23.5 Å². The van der Waals surface area contributed by atoms with Gasteiger partial charge in [0, 0.05) is 26.1 Å². The summed E-state index contributed by atoms with van der Waals surface area (Å²) in [4.78, 5) is 46.3. The van der Waals surface area contributed by atoms with Gasteiger partial charge in [0.2, 0.25) is 5.91 Å². The van der Waals surface area contributed by atoms with Crippen LogP contribution >= 0.6 is 11.6 Å². The Morgan fingerprint density at radius 3 is 2.68 bits per heavy atom. The van der Waals surface area contributed by atoms with E-state index >= 15 is 0 Å². The summed E-state index contributed by atoms with van der Waals surface area (Å²) < 4.78 is 6.60. The summed E-state index contributed by atoms with van der Waals surface area (Å²) in [5, 5.41) is 2.53. The average Bonchev–Trinajstić information content (AvgIpc) is 2.46. The number of ether oxygens (including phenoxy) is 1. The van der Waals surface area contributed by atoms with Crippen LogP contribution in [0.5, 0.6) is 0 Å². The lowest BCUT2D eigenvalue weighted by atomic mass is 10.3. The molecule has 1 rings (SSSR count). The average molecular weight is 332 g/mol. The van der Waals surface area contributed by atoms with Crippen molar-refractivity contribution in [3.8, 4) is 0 Å². The number of carbonyl (C=O) groups is 2. The van der Waals surface area contributed by atoms with Crippen molar-refractivity contribution in [1.82, 2.24) is 14.5 Å². The highest BCUT2D eigenvalue weighted by Gasteiger charge is 2.11. The van der Waals surface area contributed by atoms with Crippen molar-refractivity contribution in [2.45, 2.75) is 26.3 Å². The van der Waals surface area contributed by atoms with E-state index in [0.29, 0.717) is 13.0 Å². The van der Waals surface area contributed by atoms with Crippen LogP contribution in [-0.2, 0) is 27.9 Å². The third kappa shape index (κ3) is 5.03. The zero-order valence-corrected chi connectivity index (χ0v) is 13.2. The van der Waals surface area contributed by atoms with Crippen LogP contribution in [0.3, 0.4) is 0 Å². The van der Waals surface area contributed by atoms with E-state index in [0.717, 1.165) is 15.2 Å². The minimum absolute atomic E-state index is 0.00101. The minimum atomic E-state index is -0.667. The molecule has 0 saturated heterocycles. The first-order valence-electron chi connectivity index (χ1n) is 6.75. The molecule has 1 aromatic heterocycles. The van der Waals surface area contributed by atoms with Crippen LogP contribution < -0.4 is 16.6 Å². The molecule has 0 fully saturated rings. The summed E-state index contributed by atoms with van der Waals surface area (Å²) in [7, 11) is 1.40. The number of nitrogens with one attached hydrogen (secondary N) is 1. The Balaban J connectivity index is 2.53. The zero-order chi connectivity index (χ0) is 16.7. The van der Waals surface area contributed by atoms with Crippen molar-refractivity contribution < 1.29 is 14.3 Å². The molecular weight excluding hydrogens is 314 g/mol. The Morgan fingerprint density at radius 2 is 2.05 bits per heavy atom. The lowest BCUT2D eigenvalue weighted by Crippen LogP contribution is -2.43. The summed E-state index contributed by atoms with van der Waals surface area (Å²) >= 11 is 5.69. The number of rotatable bonds is 7. The molecule has 1 amide bonds. The Labute approximate surface area is 131 Å². The number of carbonyl (C=O) groups excluding carboxylic acids is 2. The second-order valence-corrected chi connectivity index (χ2v) is 4.88. The molecule has 0 bridgehead atoms. The Morgan fingerprint density at radius 1 is 1.36 bits per heavy atom. The first kappa shape index (κ1) is 18.0. The van der Waals surface area contributed by atoms with Crippen LogP contribution in [0.15, 0.2) is 15.7 Å². The third-order valence-electron chi connectivity index (χ3n) is 2.83. The van der Waals surface area contributed by atoms with Gasteiger partial charge in [0.15, 0.2) is 0 Å². The molecule has 0 aromatic carbocycles. The summed E-state index contributed by atoms with van der Waals surface area (Å²) in [6.07, 6.45) is 0.606. The van der Waals surface area contributed by atoms with Gasteiger partial charge in [-0.15, -0.1) is 0 Å². The highest BCUT2D eigenvalue weighted by atomic mass is 35.5. The van der Waals surface area contributed by atoms with Crippen LogP contribution in [-0.4, -0.2) is 34.2 Å². The fraction of sp³-hybridized carbons (Fsp3) is 0.538. The van der Waals surface area contributed by atoms with Crippen LogP contribution in [0.2, 0.25) is 5.15 Å². The van der Waals surface area contributed by atoms with E-state index in [1.807, 2.05) is 0 Å². The van der Waals surface area contributed by atoms with E-state index in [1.54, 1.807) is 6.92 Å². The van der Waals surface area contributed by atoms with Crippen molar-refractivity contribution in [3.05, 3.63) is 32.1 Å². The van der Waals surface area contributed by atoms with Gasteiger partial charge in [-0.25, -0.2) is 4.79 Å². The molecule has 0 saturated carbocycles. The molecule has 0 unspecified atom stereocenters. The second-order valence-electron chi connectivity index (χ2n) is 4.49. The van der Waals surface area contributed by atoms with Gasteiger partial charge in [0.05, 0.1) is 6.61 Å². The second kappa shape index (κ2) is 8.38. The maximum absolute atomic E-state index is 11.8. The van der Waals surface area contributed by atoms with E-state index < -0.39 is 23.7 Å². The van der Waals surface area contributed by atoms with Gasteiger partial charge < -0.3 is 10.1 Å². The number of aromatic nitrogens is 2. The van der Waals surface area contributed by atoms with Crippen LogP contribution in [0.25, 0.3) is 0 Å². The fourth-order valence-corrected chi connectivity index (χ4v) is 1.85. The molecule has 0 aliphatic carbocycles. The SMILES string of the molecule is CCOC(=O)CCCNC(=O)Cn1c(=O)cc(Cl)n(C)c1=O. The van der Waals surface area contributed by atoms with Gasteiger partial charge in [-0.1, -0.05) is 11.6 Å². The van der Waals surface area contributed by atoms with E-state index in [9.17, 15) is 19.2 Å². The molecule has 0 aliphatic rings. The standard InChI is InChI=1S/C13H18ClN3O5/c1-3-22-12(20)5-4-6-15-10(18)8-17-11(19)7-9(14)16(2)13(17)21/h7H,3-6,8H2,1-2H3,(H,15,18). The Bertz CT molecular complexity index is 665. The minimum Gasteiger partial charge on any atom is -0.466 e. The number of hydrogen-bond donors (Lipinski definition) is 1. The molecule has 8 nitrogen and oxygen atoms in total. The highest BCUT2D eigenvalue weighted by Crippen LogP contribution is 1.98. The predicted octanol–water partition coefficient (Wildman–Crippen LogP) is -0.340. The van der Waals surface area contributed by atoms with Gasteiger partial charge in [0.25, 0.3) is 5.56 Å². The van der Waals surface area contributed by atoms with Gasteiger partial charge in [-0.2, -0.15) is 0 Å². The summed E-state index contributed by atoms with van der Waals surface area (Å²) in [5.41, 5.74) is -1.31. The maximum atomic E-state index is 11.8. The van der Waals surface area contributed by atoms with Crippen LogP contribution in [0, 0.1) is 0 Å². The summed E-state index contributed by atoms with van der Waals surface area (Å²) in [5.74, 6) is -0.829. The van der Waals surface area contributed by atoms with E-state index in [4.69, 9.17) is 16.3 Å². The molecule has 0 aliphatic heterocycles. The maximum Gasteiger partial charge on any atom is 0.332 e. The molecule has 9 heteroatoms. The fourth-order valence-electron chi connectivity index (χ4n) is 1.68. The molecule has 0 radical (unpaired) electrons. The normalized spacial score (nSPS) is 10.3. The molecule has 0 atom stereocenters. The number of hydrogen-bond acceptors (Lipinski definition) is 5. The van der Waals surface area contributed by atoms with Gasteiger partial charge in [-0.05, 0) is 13.3 Å². The lowest BCUT2D eigenvalue weighted by molar-refractivity contribution is -0.143. The van der Waals surface area contributed by atoms with Gasteiger partial charge >= 0.3 is 11.7 Å². The Hall–Kier alpha value is -2.09. The topological polar surface area (TPSA) is 99.4 Å². The van der Waals surface area contributed by atoms with Gasteiger partial charge in [0.1, 0.15) is 11.7 Å². The molecule has 122 valence electrons. The number of esters is 1. The van der Waals surface area contributed by atoms with Gasteiger partial charge in [-0.3, -0.25) is 23.5 Å². The number of nitrogens with zero attached hydrogens (tertiary/aromatic N) is 2. The first-order valence-corrected chi connectivity index (χ1v) is 7.13. The molecule has 22 heavy (non-hydrogen) atoms. The van der Waals surface area contributed by atoms with Crippen molar-refractivity contribution in [1.29, 1.82) is 0 Å². The van der Waals surface area contributed by atoms with Crippen molar-refractivity contribution in [2.75, 3.05) is 13.2 Å². The molecule has 0 spiro atoms. The predicted molar refractivity (Wildman–Crippen MR) is 79.8 cm³/mol. The molecule has 1 aromatic rings. The van der Waals surface area contributed by atoms with E-state index in [2.05, 4.69) is 5.32 Å². The quantitative estimate of drug-likeness (QED) is 0.418. The molecule has 1 heterocycles. The number of amides is 1.